The van der Waals surface area contributed by atoms with Crippen molar-refractivity contribution in [1.82, 2.24) is 20.0 Å². The highest BCUT2D eigenvalue weighted by molar-refractivity contribution is 5.19. The summed E-state index contributed by atoms with van der Waals surface area (Å²) in [5, 5.41) is 0. The van der Waals surface area contributed by atoms with Gasteiger partial charge in [-0.1, -0.05) is 0 Å². The Labute approximate surface area is 92.1 Å². The second-order valence-corrected chi connectivity index (χ2v) is 3.37. The van der Waals surface area contributed by atoms with Crippen molar-refractivity contribution < 1.29 is 4.39 Å². The largest absolute Gasteiger partial charge is 0.336 e. The van der Waals surface area contributed by atoms with Crippen molar-refractivity contribution in [3.05, 3.63) is 48.1 Å². The number of aromatic nitrogens is 3. The third-order valence-corrected chi connectivity index (χ3v) is 2.34. The summed E-state index contributed by atoms with van der Waals surface area (Å²) < 4.78 is 15.3. The summed E-state index contributed by atoms with van der Waals surface area (Å²) >= 11 is 0. The van der Waals surface area contributed by atoms with Crippen LogP contribution in [0.25, 0.3) is 0 Å². The fourth-order valence-corrected chi connectivity index (χ4v) is 1.54. The SMILES string of the molecule is Cn1ccnc1C(NN)c1ncccc1F. The van der Waals surface area contributed by atoms with E-state index in [1.54, 1.807) is 17.0 Å². The van der Waals surface area contributed by atoms with Gasteiger partial charge in [0.25, 0.3) is 0 Å². The summed E-state index contributed by atoms with van der Waals surface area (Å²) in [5.74, 6) is 5.63. The number of nitrogens with zero attached hydrogens (tertiary/aromatic N) is 3. The Bertz CT molecular complexity index is 482. The van der Waals surface area contributed by atoms with Crippen molar-refractivity contribution in [2.75, 3.05) is 0 Å². The molecule has 2 heterocycles. The minimum absolute atomic E-state index is 0.235. The van der Waals surface area contributed by atoms with Crippen LogP contribution in [0.4, 0.5) is 4.39 Å². The fourth-order valence-electron chi connectivity index (χ4n) is 1.54. The Kier molecular flexibility index (Phi) is 2.93. The molecule has 0 aliphatic rings. The van der Waals surface area contributed by atoms with E-state index < -0.39 is 11.9 Å². The number of imidazole rings is 1. The molecule has 0 spiro atoms. The minimum Gasteiger partial charge on any atom is -0.336 e. The van der Waals surface area contributed by atoms with E-state index in [2.05, 4.69) is 15.4 Å². The first-order valence-electron chi connectivity index (χ1n) is 4.77. The number of hydrazine groups is 1. The monoisotopic (exact) mass is 221 g/mol. The first kappa shape index (κ1) is 10.7. The second-order valence-electron chi connectivity index (χ2n) is 3.37. The van der Waals surface area contributed by atoms with Gasteiger partial charge in [-0.15, -0.1) is 0 Å². The van der Waals surface area contributed by atoms with Crippen LogP contribution >= 0.6 is 0 Å². The zero-order chi connectivity index (χ0) is 11.5. The maximum Gasteiger partial charge on any atom is 0.146 e. The Hall–Kier alpha value is -1.79. The van der Waals surface area contributed by atoms with Gasteiger partial charge in [-0.05, 0) is 12.1 Å². The fraction of sp³-hybridized carbons (Fsp3) is 0.200. The summed E-state index contributed by atoms with van der Waals surface area (Å²) in [4.78, 5) is 8.09. The van der Waals surface area contributed by atoms with Crippen molar-refractivity contribution in [3.63, 3.8) is 0 Å². The smallest absolute Gasteiger partial charge is 0.146 e. The molecule has 2 aromatic rings. The van der Waals surface area contributed by atoms with Crippen molar-refractivity contribution >= 4 is 0 Å². The molecule has 1 unspecified atom stereocenters. The Morgan fingerprint density at radius 2 is 2.25 bits per heavy atom. The molecule has 1 atom stereocenters. The number of nitrogens with two attached hydrogens (primary N) is 1. The second kappa shape index (κ2) is 4.38. The highest BCUT2D eigenvalue weighted by Crippen LogP contribution is 2.19. The molecule has 0 aliphatic carbocycles. The van der Waals surface area contributed by atoms with Crippen LogP contribution in [0.5, 0.6) is 0 Å². The van der Waals surface area contributed by atoms with Gasteiger partial charge in [-0.2, -0.15) is 0 Å². The predicted molar refractivity (Wildman–Crippen MR) is 56.6 cm³/mol. The molecule has 2 rings (SSSR count). The number of hydrogen-bond acceptors (Lipinski definition) is 4. The number of hydrogen-bond donors (Lipinski definition) is 2. The summed E-state index contributed by atoms with van der Waals surface area (Å²) in [6.45, 7) is 0. The molecule has 0 saturated heterocycles. The summed E-state index contributed by atoms with van der Waals surface area (Å²) in [7, 11) is 1.81. The van der Waals surface area contributed by atoms with Crippen LogP contribution in [0.1, 0.15) is 17.6 Å². The quantitative estimate of drug-likeness (QED) is 0.585. The molecular formula is C10H12FN5. The molecule has 0 amide bonds. The molecular weight excluding hydrogens is 209 g/mol. The topological polar surface area (TPSA) is 68.8 Å². The summed E-state index contributed by atoms with van der Waals surface area (Å²) in [6.07, 6.45) is 4.91. The van der Waals surface area contributed by atoms with E-state index in [9.17, 15) is 4.39 Å². The van der Waals surface area contributed by atoms with Crippen LogP contribution in [0.3, 0.4) is 0 Å². The molecule has 16 heavy (non-hydrogen) atoms. The maximum absolute atomic E-state index is 13.6. The number of rotatable bonds is 3. The highest BCUT2D eigenvalue weighted by atomic mass is 19.1. The van der Waals surface area contributed by atoms with E-state index in [0.717, 1.165) is 0 Å². The minimum atomic E-state index is -0.554. The zero-order valence-corrected chi connectivity index (χ0v) is 8.76. The lowest BCUT2D eigenvalue weighted by Crippen LogP contribution is -2.32. The van der Waals surface area contributed by atoms with Crippen LogP contribution in [0.2, 0.25) is 0 Å². The lowest BCUT2D eigenvalue weighted by Gasteiger charge is -2.15. The van der Waals surface area contributed by atoms with Crippen molar-refractivity contribution in [3.8, 4) is 0 Å². The third-order valence-electron chi connectivity index (χ3n) is 2.34. The van der Waals surface area contributed by atoms with Gasteiger partial charge in [0.05, 0.1) is 0 Å². The average molecular weight is 221 g/mol. The Morgan fingerprint density at radius 3 is 2.81 bits per heavy atom. The zero-order valence-electron chi connectivity index (χ0n) is 8.76. The van der Waals surface area contributed by atoms with Gasteiger partial charge in [0.1, 0.15) is 23.4 Å². The normalized spacial score (nSPS) is 12.7. The van der Waals surface area contributed by atoms with Gasteiger partial charge in [-0.3, -0.25) is 10.8 Å². The highest BCUT2D eigenvalue weighted by Gasteiger charge is 2.21. The Balaban J connectivity index is 2.45. The number of nitrogens with one attached hydrogen (secondary N) is 1. The molecule has 0 saturated carbocycles. The van der Waals surface area contributed by atoms with Crippen LogP contribution in [-0.4, -0.2) is 14.5 Å². The van der Waals surface area contributed by atoms with Gasteiger partial charge in [0.2, 0.25) is 0 Å². The van der Waals surface area contributed by atoms with Crippen LogP contribution in [0, 0.1) is 5.82 Å². The van der Waals surface area contributed by atoms with E-state index in [4.69, 9.17) is 5.84 Å². The molecule has 0 radical (unpaired) electrons. The molecule has 2 aromatic heterocycles. The lowest BCUT2D eigenvalue weighted by atomic mass is 10.1. The molecule has 5 nitrogen and oxygen atoms in total. The van der Waals surface area contributed by atoms with Crippen molar-refractivity contribution in [2.45, 2.75) is 6.04 Å². The number of aryl methyl sites for hydroxylation is 1. The molecule has 0 aromatic carbocycles. The summed E-state index contributed by atoms with van der Waals surface area (Å²) in [5.41, 5.74) is 2.75. The first-order chi connectivity index (χ1) is 7.74. The number of pyridine rings is 1. The van der Waals surface area contributed by atoms with Gasteiger partial charge < -0.3 is 4.57 Å². The first-order valence-corrected chi connectivity index (χ1v) is 4.77. The van der Waals surface area contributed by atoms with Crippen LogP contribution in [0.15, 0.2) is 30.7 Å². The van der Waals surface area contributed by atoms with Crippen molar-refractivity contribution in [1.29, 1.82) is 0 Å². The van der Waals surface area contributed by atoms with E-state index in [1.165, 1.54) is 18.3 Å². The van der Waals surface area contributed by atoms with Crippen LogP contribution < -0.4 is 11.3 Å². The molecule has 84 valence electrons. The summed E-state index contributed by atoms with van der Waals surface area (Å²) in [6, 6.07) is 2.32. The number of halogens is 1. The van der Waals surface area contributed by atoms with Gasteiger partial charge in [-0.25, -0.2) is 14.8 Å². The maximum atomic E-state index is 13.6. The van der Waals surface area contributed by atoms with Gasteiger partial charge in [0, 0.05) is 25.6 Å². The standard InChI is InChI=1S/C10H12FN5/c1-16-6-5-14-10(16)9(15-12)8-7(11)3-2-4-13-8/h2-6,9,15H,12H2,1H3. The molecule has 0 fully saturated rings. The molecule has 6 heteroatoms. The predicted octanol–water partition coefficient (Wildman–Crippen LogP) is 0.507. The Morgan fingerprint density at radius 1 is 1.44 bits per heavy atom. The van der Waals surface area contributed by atoms with Gasteiger partial charge in [0.15, 0.2) is 0 Å². The molecule has 0 aliphatic heterocycles. The van der Waals surface area contributed by atoms with Gasteiger partial charge >= 0.3 is 0 Å². The van der Waals surface area contributed by atoms with Crippen molar-refractivity contribution in [2.24, 2.45) is 12.9 Å². The van der Waals surface area contributed by atoms with E-state index >= 15 is 0 Å². The van der Waals surface area contributed by atoms with Crippen LogP contribution in [-0.2, 0) is 7.05 Å². The van der Waals surface area contributed by atoms with E-state index in [-0.39, 0.29) is 5.69 Å². The van der Waals surface area contributed by atoms with E-state index in [1.807, 2.05) is 7.05 Å². The molecule has 0 bridgehead atoms. The third kappa shape index (κ3) is 1.80. The average Bonchev–Trinajstić information content (AvgIpc) is 2.69. The van der Waals surface area contributed by atoms with E-state index in [0.29, 0.717) is 5.82 Å². The molecule has 3 N–H and O–H groups in total. The lowest BCUT2D eigenvalue weighted by molar-refractivity contribution is 0.517.